The predicted octanol–water partition coefficient (Wildman–Crippen LogP) is 2.06. The third-order valence-corrected chi connectivity index (χ3v) is 4.85. The van der Waals surface area contributed by atoms with Gasteiger partial charge in [0, 0.05) is 13.7 Å². The quantitative estimate of drug-likeness (QED) is 0.514. The zero-order chi connectivity index (χ0) is 21.1. The van der Waals surface area contributed by atoms with Gasteiger partial charge in [0.15, 0.2) is 17.0 Å². The van der Waals surface area contributed by atoms with Gasteiger partial charge in [0.25, 0.3) is 6.01 Å². The van der Waals surface area contributed by atoms with Gasteiger partial charge < -0.3 is 25.4 Å². The van der Waals surface area contributed by atoms with Crippen molar-refractivity contribution in [3.05, 3.63) is 0 Å². The molecular formula is C18H29N5O5. The molecule has 10 heteroatoms. The lowest BCUT2D eigenvalue weighted by Gasteiger charge is -2.34. The molecule has 0 radical (unpaired) electrons. The molecule has 0 aliphatic rings. The van der Waals surface area contributed by atoms with E-state index in [1.165, 1.54) is 4.57 Å². The van der Waals surface area contributed by atoms with Gasteiger partial charge in [0.05, 0.1) is 12.0 Å². The van der Waals surface area contributed by atoms with Crippen LogP contribution in [-0.2, 0) is 16.1 Å². The van der Waals surface area contributed by atoms with Crippen LogP contribution in [0.3, 0.4) is 0 Å². The number of fused-ring (bicyclic) bond motifs is 1. The van der Waals surface area contributed by atoms with Crippen LogP contribution in [0.4, 0.5) is 5.82 Å². The van der Waals surface area contributed by atoms with Crippen LogP contribution in [0.1, 0.15) is 40.5 Å². The van der Waals surface area contributed by atoms with Crippen molar-refractivity contribution < 1.29 is 24.5 Å². The smallest absolute Gasteiger partial charge is 0.320 e. The van der Waals surface area contributed by atoms with E-state index in [2.05, 4.69) is 15.0 Å². The zero-order valence-electron chi connectivity index (χ0n) is 17.0. The summed E-state index contributed by atoms with van der Waals surface area (Å²) in [6.45, 7) is 8.37. The first kappa shape index (κ1) is 21.7. The molecular weight excluding hydrogens is 366 g/mol. The maximum absolute atomic E-state index is 11.7. The monoisotopic (exact) mass is 395 g/mol. The summed E-state index contributed by atoms with van der Waals surface area (Å²) in [6, 6.07) is -0.198. The van der Waals surface area contributed by atoms with Crippen molar-refractivity contribution in [2.45, 2.75) is 47.1 Å². The Balaban J connectivity index is 2.37. The molecule has 0 aliphatic carbocycles. The van der Waals surface area contributed by atoms with Crippen LogP contribution >= 0.6 is 0 Å². The third-order valence-electron chi connectivity index (χ3n) is 4.85. The molecule has 0 amide bonds. The number of hydrogen-bond acceptors (Lipinski definition) is 8. The Morgan fingerprint density at radius 1 is 1.21 bits per heavy atom. The number of hydrogen-bond donors (Lipinski definition) is 3. The van der Waals surface area contributed by atoms with Gasteiger partial charge in [-0.05, 0) is 25.2 Å². The molecule has 4 N–H and O–H groups in total. The van der Waals surface area contributed by atoms with E-state index in [1.807, 2.05) is 20.8 Å². The summed E-state index contributed by atoms with van der Waals surface area (Å²) >= 11 is 0. The predicted molar refractivity (Wildman–Crippen MR) is 103 cm³/mol. The van der Waals surface area contributed by atoms with Crippen molar-refractivity contribution in [2.24, 2.45) is 10.8 Å². The van der Waals surface area contributed by atoms with Crippen LogP contribution in [0.2, 0.25) is 0 Å². The first-order chi connectivity index (χ1) is 13.0. The highest BCUT2D eigenvalue weighted by molar-refractivity contribution is 5.83. The van der Waals surface area contributed by atoms with E-state index >= 15 is 0 Å². The number of carbonyl (C=O) groups is 1. The fourth-order valence-corrected chi connectivity index (χ4v) is 3.31. The molecule has 0 aliphatic heterocycles. The number of aliphatic carboxylic acids is 1. The number of imidazole rings is 1. The second-order valence-electron chi connectivity index (χ2n) is 7.96. The van der Waals surface area contributed by atoms with Crippen LogP contribution in [-0.4, -0.2) is 56.0 Å². The molecule has 0 bridgehead atoms. The fraction of sp³-hybridized carbons (Fsp3) is 0.667. The van der Waals surface area contributed by atoms with Crippen molar-refractivity contribution in [3.8, 4) is 12.0 Å². The van der Waals surface area contributed by atoms with Gasteiger partial charge in [-0.25, -0.2) is 0 Å². The van der Waals surface area contributed by atoms with E-state index in [1.54, 1.807) is 14.0 Å². The molecule has 2 aromatic rings. The minimum absolute atomic E-state index is 0.0601. The minimum Gasteiger partial charge on any atom is -0.481 e. The summed E-state index contributed by atoms with van der Waals surface area (Å²) in [6.07, 6.45) is 0.901. The third kappa shape index (κ3) is 4.61. The molecule has 1 atom stereocenters. The number of nitrogen functional groups attached to an aromatic ring is 1. The summed E-state index contributed by atoms with van der Waals surface area (Å²) in [5.74, 6) is -0.753. The van der Waals surface area contributed by atoms with Crippen molar-refractivity contribution in [1.82, 2.24) is 19.5 Å². The number of aromatic hydroxyl groups is 1. The highest BCUT2D eigenvalue weighted by Crippen LogP contribution is 2.39. The largest absolute Gasteiger partial charge is 0.481 e. The SMILES string of the molecule is CCC(C)(CC(C)(C)Cn1c(O)nc2c(N)nc(OCCOC)nc21)C(=O)O. The number of nitrogens with zero attached hydrogens (tertiary/aromatic N) is 4. The first-order valence-corrected chi connectivity index (χ1v) is 9.11. The molecule has 1 unspecified atom stereocenters. The second kappa shape index (κ2) is 8.17. The van der Waals surface area contributed by atoms with E-state index in [-0.39, 0.29) is 30.0 Å². The Labute approximate surface area is 163 Å². The normalized spacial score (nSPS) is 14.2. The summed E-state index contributed by atoms with van der Waals surface area (Å²) in [5, 5.41) is 19.9. The fourth-order valence-electron chi connectivity index (χ4n) is 3.31. The molecule has 0 saturated carbocycles. The maximum atomic E-state index is 11.7. The van der Waals surface area contributed by atoms with Crippen molar-refractivity contribution >= 4 is 23.0 Å². The number of carboxylic acids is 1. The number of carboxylic acid groups (broad SMARTS) is 1. The van der Waals surface area contributed by atoms with Crippen molar-refractivity contribution in [2.75, 3.05) is 26.1 Å². The Morgan fingerprint density at radius 3 is 2.46 bits per heavy atom. The molecule has 2 rings (SSSR count). The standard InChI is InChI=1S/C18H29N5O5/c1-6-18(4,14(24)25)9-17(2,3)10-23-13-11(20-16(23)26)12(19)21-15(22-13)28-8-7-27-5/h6-10H2,1-5H3,(H,20,26)(H,24,25)(H2,19,21,22). The molecule has 2 aromatic heterocycles. The van der Waals surface area contributed by atoms with Gasteiger partial charge in [-0.1, -0.05) is 20.8 Å². The molecule has 0 aromatic carbocycles. The van der Waals surface area contributed by atoms with Crippen LogP contribution in [0, 0.1) is 10.8 Å². The molecule has 0 saturated heterocycles. The van der Waals surface area contributed by atoms with Crippen molar-refractivity contribution in [1.29, 1.82) is 0 Å². The average Bonchev–Trinajstić information content (AvgIpc) is 2.90. The summed E-state index contributed by atoms with van der Waals surface area (Å²) < 4.78 is 11.9. The Morgan fingerprint density at radius 2 is 1.89 bits per heavy atom. The van der Waals surface area contributed by atoms with E-state index < -0.39 is 16.8 Å². The Hall–Kier alpha value is -2.62. The van der Waals surface area contributed by atoms with E-state index in [0.29, 0.717) is 31.6 Å². The number of anilines is 1. The Kier molecular flexibility index (Phi) is 6.33. The van der Waals surface area contributed by atoms with Gasteiger partial charge in [0.1, 0.15) is 6.61 Å². The van der Waals surface area contributed by atoms with Crippen molar-refractivity contribution in [3.63, 3.8) is 0 Å². The summed E-state index contributed by atoms with van der Waals surface area (Å²) in [5.41, 5.74) is 5.20. The van der Waals surface area contributed by atoms with Gasteiger partial charge >= 0.3 is 12.0 Å². The lowest BCUT2D eigenvalue weighted by Crippen LogP contribution is -2.34. The van der Waals surface area contributed by atoms with Gasteiger partial charge in [-0.3, -0.25) is 9.36 Å². The second-order valence-corrected chi connectivity index (χ2v) is 7.96. The lowest BCUT2D eigenvalue weighted by atomic mass is 9.72. The van der Waals surface area contributed by atoms with Gasteiger partial charge in [0.2, 0.25) is 0 Å². The van der Waals surface area contributed by atoms with Crippen LogP contribution in [0.25, 0.3) is 11.2 Å². The zero-order valence-corrected chi connectivity index (χ0v) is 17.0. The minimum atomic E-state index is -0.877. The molecule has 2 heterocycles. The number of aromatic nitrogens is 4. The van der Waals surface area contributed by atoms with E-state index in [0.717, 1.165) is 0 Å². The molecule has 156 valence electrons. The van der Waals surface area contributed by atoms with Crippen LogP contribution < -0.4 is 10.5 Å². The van der Waals surface area contributed by atoms with Gasteiger partial charge in [-0.2, -0.15) is 15.0 Å². The van der Waals surface area contributed by atoms with E-state index in [9.17, 15) is 15.0 Å². The first-order valence-electron chi connectivity index (χ1n) is 9.11. The Bertz CT molecular complexity index is 850. The highest BCUT2D eigenvalue weighted by atomic mass is 16.5. The summed E-state index contributed by atoms with van der Waals surface area (Å²) in [7, 11) is 1.55. The number of ether oxygens (including phenoxy) is 2. The highest BCUT2D eigenvalue weighted by Gasteiger charge is 2.38. The average molecular weight is 395 g/mol. The maximum Gasteiger partial charge on any atom is 0.320 e. The molecule has 0 fully saturated rings. The molecule has 28 heavy (non-hydrogen) atoms. The number of methoxy groups -OCH3 is 1. The number of nitrogens with two attached hydrogens (primary N) is 1. The molecule has 10 nitrogen and oxygen atoms in total. The summed E-state index contributed by atoms with van der Waals surface area (Å²) in [4.78, 5) is 24.1. The van der Waals surface area contributed by atoms with Crippen LogP contribution in [0.5, 0.6) is 12.0 Å². The van der Waals surface area contributed by atoms with E-state index in [4.69, 9.17) is 15.2 Å². The topological polar surface area (TPSA) is 146 Å². The molecule has 0 spiro atoms. The number of rotatable bonds is 10. The lowest BCUT2D eigenvalue weighted by molar-refractivity contribution is -0.150. The van der Waals surface area contributed by atoms with Gasteiger partial charge in [-0.15, -0.1) is 0 Å². The van der Waals surface area contributed by atoms with Crippen LogP contribution in [0.15, 0.2) is 0 Å².